The number of hydrogen-bond acceptors (Lipinski definition) is 10. The molecule has 0 radical (unpaired) electrons. The van der Waals surface area contributed by atoms with Gasteiger partial charge < -0.3 is 0 Å². The maximum Gasteiger partial charge on any atom is 0.134 e. The Labute approximate surface area is 174 Å². The fourth-order valence-corrected chi connectivity index (χ4v) is 13.2. The topological polar surface area (TPSA) is 25.8 Å². The van der Waals surface area contributed by atoms with Crippen LogP contribution in [0.3, 0.4) is 0 Å². The van der Waals surface area contributed by atoms with Crippen molar-refractivity contribution >= 4 is 94.1 Å². The molecule has 0 bridgehead atoms. The molecule has 0 aliphatic carbocycles. The van der Waals surface area contributed by atoms with Crippen LogP contribution in [0.4, 0.5) is 0 Å². The van der Waals surface area contributed by atoms with Crippen LogP contribution >= 0.6 is 94.1 Å². The van der Waals surface area contributed by atoms with Crippen LogP contribution in [0.5, 0.6) is 0 Å². The van der Waals surface area contributed by atoms with E-state index in [1.807, 2.05) is 84.4 Å². The predicted molar refractivity (Wildman–Crippen MR) is 119 cm³/mol. The Bertz CT molecular complexity index is 833. The van der Waals surface area contributed by atoms with Gasteiger partial charge in [0.1, 0.15) is 10.1 Å². The van der Waals surface area contributed by atoms with Gasteiger partial charge in [-0.3, -0.25) is 0 Å². The van der Waals surface area contributed by atoms with Gasteiger partial charge in [0.05, 0.1) is 36.8 Å². The molecular weight excluding hydrogens is 453 g/mol. The van der Waals surface area contributed by atoms with E-state index in [1.54, 1.807) is 23.5 Å². The second-order valence-electron chi connectivity index (χ2n) is 4.85. The van der Waals surface area contributed by atoms with Crippen LogP contribution in [0.2, 0.25) is 0 Å². The monoisotopic (exact) mass is 460 g/mol. The molecule has 0 spiro atoms. The van der Waals surface area contributed by atoms with Crippen LogP contribution in [0, 0.1) is 13.8 Å². The second-order valence-corrected chi connectivity index (χ2v) is 14.3. The van der Waals surface area contributed by atoms with Crippen LogP contribution in [0.15, 0.2) is 46.3 Å². The summed E-state index contributed by atoms with van der Waals surface area (Å²) >= 11 is 14.9. The highest BCUT2D eigenvalue weighted by Gasteiger charge is 2.35. The summed E-state index contributed by atoms with van der Waals surface area (Å²) in [6.45, 7) is 4.06. The molecule has 0 amide bonds. The van der Waals surface area contributed by atoms with E-state index < -0.39 is 0 Å². The van der Waals surface area contributed by atoms with Crippen LogP contribution < -0.4 is 0 Å². The van der Waals surface area contributed by atoms with Crippen molar-refractivity contribution < 1.29 is 0 Å². The Kier molecular flexibility index (Phi) is 4.79. The zero-order valence-corrected chi connectivity index (χ0v) is 18.8. The maximum absolute atomic E-state index is 4.69. The molecule has 0 saturated carbocycles. The lowest BCUT2D eigenvalue weighted by Crippen LogP contribution is -1.93. The van der Waals surface area contributed by atoms with Crippen molar-refractivity contribution in [1.82, 2.24) is 9.97 Å². The molecule has 0 N–H and O–H groups in total. The van der Waals surface area contributed by atoms with Gasteiger partial charge in [-0.25, -0.2) is 9.97 Å². The Balaban J connectivity index is 1.35. The smallest absolute Gasteiger partial charge is 0.134 e. The number of fused-ring (bicyclic) bond motifs is 1. The van der Waals surface area contributed by atoms with E-state index in [9.17, 15) is 0 Å². The molecule has 1 aromatic heterocycles. The predicted octanol–water partition coefficient (Wildman–Crippen LogP) is 7.58. The summed E-state index contributed by atoms with van der Waals surface area (Å²) in [6, 6.07) is 0. The molecule has 5 heterocycles. The minimum atomic E-state index is 1.03. The van der Waals surface area contributed by atoms with Gasteiger partial charge in [0.25, 0.3) is 0 Å². The Hall–Kier alpha value is 0.840. The summed E-state index contributed by atoms with van der Waals surface area (Å²) in [4.78, 5) is 9.39. The van der Waals surface area contributed by atoms with Gasteiger partial charge in [-0.1, -0.05) is 94.1 Å². The number of aromatic nitrogens is 2. The second kappa shape index (κ2) is 6.78. The third-order valence-corrected chi connectivity index (χ3v) is 14.4. The first-order chi connectivity index (χ1) is 11.7. The summed E-state index contributed by atoms with van der Waals surface area (Å²) < 4.78 is 8.46. The van der Waals surface area contributed by atoms with Gasteiger partial charge in [0.2, 0.25) is 0 Å². The highest BCUT2D eigenvalue weighted by molar-refractivity contribution is 8.49. The zero-order chi connectivity index (χ0) is 16.3. The van der Waals surface area contributed by atoms with Crippen molar-refractivity contribution in [2.24, 2.45) is 0 Å². The first-order valence-electron chi connectivity index (χ1n) is 6.81. The van der Waals surface area contributed by atoms with Crippen LogP contribution in [0.25, 0.3) is 0 Å². The highest BCUT2D eigenvalue weighted by atomic mass is 32.3. The van der Waals surface area contributed by atoms with E-state index in [4.69, 9.17) is 9.97 Å². The van der Waals surface area contributed by atoms with E-state index in [1.165, 1.54) is 25.4 Å². The van der Waals surface area contributed by atoms with Crippen LogP contribution in [-0.4, -0.2) is 9.97 Å². The molecule has 0 saturated heterocycles. The number of aryl methyl sites for hydroxylation is 2. The summed E-state index contributed by atoms with van der Waals surface area (Å²) in [5, 5.41) is 6.45. The van der Waals surface area contributed by atoms with Gasteiger partial charge in [-0.15, -0.1) is 0 Å². The molecule has 10 heteroatoms. The van der Waals surface area contributed by atoms with Crippen molar-refractivity contribution in [1.29, 1.82) is 0 Å². The third-order valence-electron chi connectivity index (χ3n) is 3.27. The average Bonchev–Trinajstić information content (AvgIpc) is 3.29. The molecule has 4 aliphatic heterocycles. The molecule has 0 unspecified atom stereocenters. The molecule has 1 aromatic rings. The molecule has 122 valence electrons. The quantitative estimate of drug-likeness (QED) is 0.385. The molecule has 5 rings (SSSR count). The lowest BCUT2D eigenvalue weighted by molar-refractivity contribution is 0.863. The summed E-state index contributed by atoms with van der Waals surface area (Å²) in [7, 11) is 0. The first kappa shape index (κ1) is 17.0. The molecule has 24 heavy (non-hydrogen) atoms. The van der Waals surface area contributed by atoms with Crippen molar-refractivity contribution in [3.8, 4) is 0 Å². The molecule has 4 aliphatic rings. The van der Waals surface area contributed by atoms with Crippen molar-refractivity contribution in [2.75, 3.05) is 0 Å². The fourth-order valence-electron chi connectivity index (χ4n) is 2.03. The summed E-state index contributed by atoms with van der Waals surface area (Å²) in [5.74, 6) is 0. The van der Waals surface area contributed by atoms with Gasteiger partial charge in [0.15, 0.2) is 0 Å². The fraction of sp³-hybridized carbons (Fsp3) is 0.143. The molecule has 2 nitrogen and oxygen atoms in total. The number of hydrogen-bond donors (Lipinski definition) is 0. The van der Waals surface area contributed by atoms with Gasteiger partial charge in [-0.2, -0.15) is 0 Å². The maximum atomic E-state index is 4.69. The Morgan fingerprint density at radius 1 is 0.542 bits per heavy atom. The standard InChI is InChI=1S/C14H8N2S8/c1-5-6(2)16-8-7(15-5)19-11(20-8)12-23-13-14(24-12)22-10(21-13)9-17-3-4-18-9/h3-4H,1-2H3. The molecular formula is C14H8N2S8. The lowest BCUT2D eigenvalue weighted by Gasteiger charge is -2.06. The number of nitrogens with zero attached hydrogens (tertiary/aromatic N) is 2. The number of thioether (sulfide) groups is 8. The van der Waals surface area contributed by atoms with Crippen LogP contribution in [0.1, 0.15) is 11.4 Å². The largest absolute Gasteiger partial charge is 0.242 e. The Morgan fingerprint density at radius 3 is 1.38 bits per heavy atom. The molecule has 0 atom stereocenters. The van der Waals surface area contributed by atoms with E-state index in [-0.39, 0.29) is 0 Å². The van der Waals surface area contributed by atoms with Crippen LogP contribution in [-0.2, 0) is 0 Å². The van der Waals surface area contributed by atoms with E-state index in [0.717, 1.165) is 21.4 Å². The van der Waals surface area contributed by atoms with Gasteiger partial charge in [-0.05, 0) is 24.7 Å². The Morgan fingerprint density at radius 2 is 0.917 bits per heavy atom. The summed E-state index contributed by atoms with van der Waals surface area (Å²) in [5.41, 5.74) is 2.06. The lowest BCUT2D eigenvalue weighted by atomic mass is 10.4. The van der Waals surface area contributed by atoms with Gasteiger partial charge >= 0.3 is 0 Å². The highest BCUT2D eigenvalue weighted by Crippen LogP contribution is 2.71. The zero-order valence-electron chi connectivity index (χ0n) is 12.3. The SMILES string of the molecule is Cc1nc2c(nc1C)SC(=C1SC3=C(SC(=C4SC=CS4)S3)S1)S2. The van der Waals surface area contributed by atoms with Crippen molar-refractivity contribution in [3.05, 3.63) is 47.6 Å². The molecule has 0 fully saturated rings. The van der Waals surface area contributed by atoms with Crippen molar-refractivity contribution in [2.45, 2.75) is 23.9 Å². The first-order valence-corrected chi connectivity index (χ1v) is 13.5. The summed E-state index contributed by atoms with van der Waals surface area (Å²) in [6.07, 6.45) is 0. The molecule has 0 aromatic carbocycles. The van der Waals surface area contributed by atoms with E-state index in [2.05, 4.69) is 10.8 Å². The number of rotatable bonds is 0. The van der Waals surface area contributed by atoms with Crippen molar-refractivity contribution in [3.63, 3.8) is 0 Å². The van der Waals surface area contributed by atoms with Gasteiger partial charge in [0, 0.05) is 0 Å². The third kappa shape index (κ3) is 3.04. The normalized spacial score (nSPS) is 22.2. The van der Waals surface area contributed by atoms with E-state index in [0.29, 0.717) is 0 Å². The minimum Gasteiger partial charge on any atom is -0.242 e. The minimum absolute atomic E-state index is 1.03. The van der Waals surface area contributed by atoms with E-state index >= 15 is 0 Å². The average molecular weight is 461 g/mol.